The average Bonchev–Trinajstić information content (AvgIpc) is 2.45. The second-order valence-corrected chi connectivity index (χ2v) is 5.22. The van der Waals surface area contributed by atoms with Gasteiger partial charge in [0, 0.05) is 5.92 Å². The van der Waals surface area contributed by atoms with Gasteiger partial charge in [0.05, 0.1) is 13.0 Å². The number of carboxylic acids is 2. The second-order valence-electron chi connectivity index (χ2n) is 5.22. The Hall–Kier alpha value is -2.63. The number of ketones is 1. The van der Waals surface area contributed by atoms with Crippen LogP contribution in [0.3, 0.4) is 0 Å². The van der Waals surface area contributed by atoms with Crippen molar-refractivity contribution >= 4 is 17.7 Å². The Bertz CT molecular complexity index is 643. The standard InChI is InChI=1S/C16H16O6/c1-8-7-11(17)14(16(20)21)13(12(8)15(18)19)9-3-5-10(22-2)6-4-9/h3-7,12-14H,1-2H3,(H,18,19)(H,20,21). The first-order valence-corrected chi connectivity index (χ1v) is 6.68. The van der Waals surface area contributed by atoms with Crippen molar-refractivity contribution in [1.29, 1.82) is 0 Å². The van der Waals surface area contributed by atoms with Crippen molar-refractivity contribution in [3.8, 4) is 5.75 Å². The Morgan fingerprint density at radius 1 is 1.05 bits per heavy atom. The van der Waals surface area contributed by atoms with Crippen molar-refractivity contribution < 1.29 is 29.3 Å². The molecule has 6 heteroatoms. The zero-order valence-electron chi connectivity index (χ0n) is 12.1. The first-order chi connectivity index (χ1) is 10.4. The van der Waals surface area contributed by atoms with Crippen LogP contribution >= 0.6 is 0 Å². The van der Waals surface area contributed by atoms with Crippen LogP contribution in [0.25, 0.3) is 0 Å². The van der Waals surface area contributed by atoms with Gasteiger partial charge in [-0.1, -0.05) is 17.7 Å². The fraction of sp³-hybridized carbons (Fsp3) is 0.312. The molecule has 0 aromatic heterocycles. The molecule has 2 N–H and O–H groups in total. The van der Waals surface area contributed by atoms with E-state index in [9.17, 15) is 24.6 Å². The fourth-order valence-corrected chi connectivity index (χ4v) is 2.89. The van der Waals surface area contributed by atoms with E-state index in [0.717, 1.165) is 6.08 Å². The Balaban J connectivity index is 2.57. The second kappa shape index (κ2) is 6.01. The Labute approximate surface area is 127 Å². The highest BCUT2D eigenvalue weighted by Crippen LogP contribution is 2.41. The van der Waals surface area contributed by atoms with Crippen LogP contribution in [0.15, 0.2) is 35.9 Å². The summed E-state index contributed by atoms with van der Waals surface area (Å²) in [6.07, 6.45) is 1.12. The number of methoxy groups -OCH3 is 1. The van der Waals surface area contributed by atoms with Crippen molar-refractivity contribution in [1.82, 2.24) is 0 Å². The van der Waals surface area contributed by atoms with Crippen LogP contribution in [0, 0.1) is 11.8 Å². The largest absolute Gasteiger partial charge is 0.497 e. The number of carbonyl (C=O) groups is 3. The molecule has 0 amide bonds. The summed E-state index contributed by atoms with van der Waals surface area (Å²) in [5.74, 6) is -5.88. The highest BCUT2D eigenvalue weighted by Gasteiger charge is 2.46. The lowest BCUT2D eigenvalue weighted by molar-refractivity contribution is -0.149. The maximum Gasteiger partial charge on any atom is 0.315 e. The Morgan fingerprint density at radius 3 is 2.05 bits per heavy atom. The van der Waals surface area contributed by atoms with Crippen LogP contribution in [0.1, 0.15) is 18.4 Å². The zero-order valence-corrected chi connectivity index (χ0v) is 12.1. The number of aliphatic carboxylic acids is 2. The zero-order chi connectivity index (χ0) is 16.4. The van der Waals surface area contributed by atoms with Crippen molar-refractivity contribution in [3.63, 3.8) is 0 Å². The molecule has 1 aromatic carbocycles. The molecule has 0 heterocycles. The number of carboxylic acid groups (broad SMARTS) is 2. The number of carbonyl (C=O) groups excluding carboxylic acids is 1. The van der Waals surface area contributed by atoms with E-state index in [-0.39, 0.29) is 0 Å². The van der Waals surface area contributed by atoms with Crippen molar-refractivity contribution in [2.24, 2.45) is 11.8 Å². The average molecular weight is 304 g/mol. The van der Waals surface area contributed by atoms with E-state index < -0.39 is 35.5 Å². The number of ether oxygens (including phenoxy) is 1. The maximum absolute atomic E-state index is 12.0. The van der Waals surface area contributed by atoms with Gasteiger partial charge in [-0.25, -0.2) is 0 Å². The van der Waals surface area contributed by atoms with Crippen LogP contribution in [-0.4, -0.2) is 35.0 Å². The first-order valence-electron chi connectivity index (χ1n) is 6.68. The number of rotatable bonds is 4. The lowest BCUT2D eigenvalue weighted by atomic mass is 9.68. The molecule has 1 aromatic rings. The summed E-state index contributed by atoms with van der Waals surface area (Å²) in [6.45, 7) is 1.53. The van der Waals surface area contributed by atoms with Gasteiger partial charge in [0.15, 0.2) is 5.78 Å². The predicted molar refractivity (Wildman–Crippen MR) is 76.8 cm³/mol. The smallest absolute Gasteiger partial charge is 0.315 e. The van der Waals surface area contributed by atoms with Crippen LogP contribution in [0.4, 0.5) is 0 Å². The van der Waals surface area contributed by atoms with Crippen LogP contribution in [-0.2, 0) is 14.4 Å². The molecule has 2 rings (SSSR count). The van der Waals surface area contributed by atoms with Crippen LogP contribution in [0.2, 0.25) is 0 Å². The topological polar surface area (TPSA) is 101 Å². The number of benzene rings is 1. The van der Waals surface area contributed by atoms with E-state index in [2.05, 4.69) is 0 Å². The highest BCUT2D eigenvalue weighted by atomic mass is 16.5. The molecule has 1 aliphatic carbocycles. The molecule has 0 saturated heterocycles. The summed E-state index contributed by atoms with van der Waals surface area (Å²) in [5.41, 5.74) is 0.845. The molecule has 0 saturated carbocycles. The molecular weight excluding hydrogens is 288 g/mol. The molecule has 3 unspecified atom stereocenters. The lowest BCUT2D eigenvalue weighted by Gasteiger charge is -2.32. The molecule has 0 aliphatic heterocycles. The summed E-state index contributed by atoms with van der Waals surface area (Å²) in [6, 6.07) is 6.43. The third-order valence-corrected chi connectivity index (χ3v) is 3.92. The summed E-state index contributed by atoms with van der Waals surface area (Å²) in [4.78, 5) is 35.1. The summed E-state index contributed by atoms with van der Waals surface area (Å²) >= 11 is 0. The molecule has 0 spiro atoms. The van der Waals surface area contributed by atoms with Crippen molar-refractivity contribution in [3.05, 3.63) is 41.5 Å². The van der Waals surface area contributed by atoms with Gasteiger partial charge >= 0.3 is 11.9 Å². The number of hydrogen-bond donors (Lipinski definition) is 2. The lowest BCUT2D eigenvalue weighted by Crippen LogP contribution is -2.40. The SMILES string of the molecule is COc1ccc(C2C(C(=O)O)C(=O)C=C(C)C2C(=O)O)cc1. The van der Waals surface area contributed by atoms with E-state index in [1.54, 1.807) is 24.3 Å². The Kier molecular flexibility index (Phi) is 4.30. The molecule has 0 bridgehead atoms. The van der Waals surface area contributed by atoms with Gasteiger partial charge in [0.25, 0.3) is 0 Å². The van der Waals surface area contributed by atoms with E-state index in [4.69, 9.17) is 4.74 Å². The predicted octanol–water partition coefficient (Wildman–Crippen LogP) is 1.71. The monoisotopic (exact) mass is 304 g/mol. The minimum atomic E-state index is -1.40. The summed E-state index contributed by atoms with van der Waals surface area (Å²) < 4.78 is 5.04. The van der Waals surface area contributed by atoms with Gasteiger partial charge in [0.1, 0.15) is 11.7 Å². The summed E-state index contributed by atoms with van der Waals surface area (Å²) in [5, 5.41) is 18.8. The quantitative estimate of drug-likeness (QED) is 0.821. The Morgan fingerprint density at radius 2 is 1.59 bits per heavy atom. The molecule has 0 radical (unpaired) electrons. The van der Waals surface area contributed by atoms with Gasteiger partial charge in [-0.05, 0) is 30.7 Å². The third-order valence-electron chi connectivity index (χ3n) is 3.92. The minimum Gasteiger partial charge on any atom is -0.497 e. The summed E-state index contributed by atoms with van der Waals surface area (Å²) in [7, 11) is 1.49. The number of hydrogen-bond acceptors (Lipinski definition) is 4. The molecule has 3 atom stereocenters. The van der Waals surface area contributed by atoms with E-state index in [0.29, 0.717) is 16.9 Å². The van der Waals surface area contributed by atoms with E-state index in [1.165, 1.54) is 14.0 Å². The van der Waals surface area contributed by atoms with Gasteiger partial charge in [0.2, 0.25) is 0 Å². The number of allylic oxidation sites excluding steroid dienone is 1. The highest BCUT2D eigenvalue weighted by molar-refractivity contribution is 6.07. The molecule has 22 heavy (non-hydrogen) atoms. The maximum atomic E-state index is 12.0. The van der Waals surface area contributed by atoms with Crippen LogP contribution < -0.4 is 4.74 Å². The fourth-order valence-electron chi connectivity index (χ4n) is 2.89. The van der Waals surface area contributed by atoms with Crippen molar-refractivity contribution in [2.75, 3.05) is 7.11 Å². The van der Waals surface area contributed by atoms with Gasteiger partial charge in [-0.15, -0.1) is 0 Å². The van der Waals surface area contributed by atoms with E-state index >= 15 is 0 Å². The normalized spacial score (nSPS) is 24.5. The van der Waals surface area contributed by atoms with Gasteiger partial charge in [-0.2, -0.15) is 0 Å². The van der Waals surface area contributed by atoms with Gasteiger partial charge < -0.3 is 14.9 Å². The first kappa shape index (κ1) is 15.8. The molecular formula is C16H16O6. The van der Waals surface area contributed by atoms with Crippen LogP contribution in [0.5, 0.6) is 5.75 Å². The molecule has 6 nitrogen and oxygen atoms in total. The molecule has 1 aliphatic rings. The molecule has 116 valence electrons. The molecule has 0 fully saturated rings. The van der Waals surface area contributed by atoms with Gasteiger partial charge in [-0.3, -0.25) is 14.4 Å². The third kappa shape index (κ3) is 2.72. The van der Waals surface area contributed by atoms with Crippen molar-refractivity contribution in [2.45, 2.75) is 12.8 Å². The van der Waals surface area contributed by atoms with E-state index in [1.807, 2.05) is 0 Å². The minimum absolute atomic E-state index is 0.357.